The molecule has 0 heterocycles. The Morgan fingerprint density at radius 1 is 0.895 bits per heavy atom. The molecule has 0 N–H and O–H groups in total. The Morgan fingerprint density at radius 2 is 1.53 bits per heavy atom. The minimum atomic E-state index is -0.137. The molecule has 0 aliphatic rings. The molecule has 0 spiro atoms. The monoisotopic (exact) mass is 292 g/mol. The van der Waals surface area contributed by atoms with Crippen LogP contribution in [0.4, 0.5) is 0 Å². The van der Waals surface area contributed by atoms with Gasteiger partial charge in [0.1, 0.15) is 0 Å². The van der Waals surface area contributed by atoms with E-state index in [4.69, 9.17) is 23.2 Å². The zero-order valence-corrected chi connectivity index (χ0v) is 12.6. The van der Waals surface area contributed by atoms with Gasteiger partial charge in [0, 0.05) is 11.1 Å². The SMILES string of the molecule is Cc1cc(Cl)c(C(=O)c2cccc(C)c2Cl)cc1C. The van der Waals surface area contributed by atoms with Crippen LogP contribution in [0.15, 0.2) is 30.3 Å². The summed E-state index contributed by atoms with van der Waals surface area (Å²) in [6, 6.07) is 9.06. The minimum absolute atomic E-state index is 0.137. The van der Waals surface area contributed by atoms with Gasteiger partial charge < -0.3 is 0 Å². The highest BCUT2D eigenvalue weighted by Crippen LogP contribution is 2.27. The molecule has 1 nitrogen and oxygen atoms in total. The summed E-state index contributed by atoms with van der Waals surface area (Å²) in [6.45, 7) is 5.80. The topological polar surface area (TPSA) is 17.1 Å². The highest BCUT2D eigenvalue weighted by Gasteiger charge is 2.17. The van der Waals surface area contributed by atoms with Gasteiger partial charge in [-0.05, 0) is 55.7 Å². The summed E-state index contributed by atoms with van der Waals surface area (Å²) in [4.78, 5) is 12.5. The number of ketones is 1. The van der Waals surface area contributed by atoms with Gasteiger partial charge >= 0.3 is 0 Å². The van der Waals surface area contributed by atoms with Crippen molar-refractivity contribution in [1.82, 2.24) is 0 Å². The molecule has 0 unspecified atom stereocenters. The van der Waals surface area contributed by atoms with Crippen LogP contribution in [0, 0.1) is 20.8 Å². The summed E-state index contributed by atoms with van der Waals surface area (Å²) in [5.74, 6) is -0.137. The second kappa shape index (κ2) is 5.36. The van der Waals surface area contributed by atoms with Crippen molar-refractivity contribution in [2.45, 2.75) is 20.8 Å². The van der Waals surface area contributed by atoms with Crippen LogP contribution in [0.5, 0.6) is 0 Å². The molecule has 0 fully saturated rings. The lowest BCUT2D eigenvalue weighted by molar-refractivity contribution is 0.103. The Balaban J connectivity index is 2.56. The quantitative estimate of drug-likeness (QED) is 0.700. The smallest absolute Gasteiger partial charge is 0.196 e. The molecule has 0 amide bonds. The molecular weight excluding hydrogens is 279 g/mol. The van der Waals surface area contributed by atoms with Crippen LogP contribution >= 0.6 is 23.2 Å². The highest BCUT2D eigenvalue weighted by molar-refractivity contribution is 6.38. The lowest BCUT2D eigenvalue weighted by Gasteiger charge is -2.10. The van der Waals surface area contributed by atoms with E-state index in [9.17, 15) is 4.79 Å². The maximum Gasteiger partial charge on any atom is 0.196 e. The van der Waals surface area contributed by atoms with Crippen molar-refractivity contribution in [2.75, 3.05) is 0 Å². The maximum absolute atomic E-state index is 12.5. The van der Waals surface area contributed by atoms with E-state index in [-0.39, 0.29) is 5.78 Å². The molecule has 0 aromatic heterocycles. The molecule has 2 aromatic rings. The fourth-order valence-electron chi connectivity index (χ4n) is 1.92. The molecule has 0 saturated carbocycles. The summed E-state index contributed by atoms with van der Waals surface area (Å²) in [5.41, 5.74) is 3.98. The van der Waals surface area contributed by atoms with Gasteiger partial charge in [-0.15, -0.1) is 0 Å². The summed E-state index contributed by atoms with van der Waals surface area (Å²) in [5, 5.41) is 0.951. The molecule has 2 rings (SSSR count). The van der Waals surface area contributed by atoms with Gasteiger partial charge in [-0.25, -0.2) is 0 Å². The molecule has 3 heteroatoms. The Morgan fingerprint density at radius 3 is 2.21 bits per heavy atom. The number of carbonyl (C=O) groups is 1. The standard InChI is InChI=1S/C16H14Cl2O/c1-9-5-4-6-12(15(9)18)16(19)13-7-10(2)11(3)8-14(13)17/h4-8H,1-3H3. The zero-order valence-electron chi connectivity index (χ0n) is 11.1. The molecule has 0 aliphatic heterocycles. The van der Waals surface area contributed by atoms with Gasteiger partial charge in [-0.2, -0.15) is 0 Å². The van der Waals surface area contributed by atoms with Crippen LogP contribution in [0.2, 0.25) is 10.0 Å². The van der Waals surface area contributed by atoms with E-state index in [1.54, 1.807) is 6.07 Å². The number of hydrogen-bond acceptors (Lipinski definition) is 1. The average Bonchev–Trinajstić information content (AvgIpc) is 2.36. The summed E-state index contributed by atoms with van der Waals surface area (Å²) >= 11 is 12.4. The molecular formula is C16H14Cl2O. The molecule has 0 atom stereocenters. The first kappa shape index (κ1) is 14.1. The van der Waals surface area contributed by atoms with E-state index >= 15 is 0 Å². The Kier molecular flexibility index (Phi) is 3.98. The van der Waals surface area contributed by atoms with Gasteiger partial charge in [0.05, 0.1) is 10.0 Å². The summed E-state index contributed by atoms with van der Waals surface area (Å²) in [7, 11) is 0. The van der Waals surface area contributed by atoms with Crippen molar-refractivity contribution in [1.29, 1.82) is 0 Å². The predicted molar refractivity (Wildman–Crippen MR) is 80.5 cm³/mol. The van der Waals surface area contributed by atoms with Gasteiger partial charge in [0.2, 0.25) is 0 Å². The van der Waals surface area contributed by atoms with Gasteiger partial charge in [0.15, 0.2) is 5.78 Å². The van der Waals surface area contributed by atoms with Crippen molar-refractivity contribution >= 4 is 29.0 Å². The van der Waals surface area contributed by atoms with E-state index in [0.29, 0.717) is 21.2 Å². The van der Waals surface area contributed by atoms with Crippen molar-refractivity contribution < 1.29 is 4.79 Å². The third-order valence-electron chi connectivity index (χ3n) is 3.26. The molecule has 0 saturated heterocycles. The van der Waals surface area contributed by atoms with Crippen molar-refractivity contribution in [3.63, 3.8) is 0 Å². The highest BCUT2D eigenvalue weighted by atomic mass is 35.5. The number of hydrogen-bond donors (Lipinski definition) is 0. The van der Waals surface area contributed by atoms with E-state index in [1.807, 2.05) is 45.0 Å². The number of rotatable bonds is 2. The molecule has 0 aliphatic carbocycles. The van der Waals surface area contributed by atoms with Crippen LogP contribution in [-0.2, 0) is 0 Å². The van der Waals surface area contributed by atoms with E-state index < -0.39 is 0 Å². The molecule has 19 heavy (non-hydrogen) atoms. The van der Waals surface area contributed by atoms with Crippen LogP contribution < -0.4 is 0 Å². The number of benzene rings is 2. The number of aryl methyl sites for hydroxylation is 3. The molecule has 98 valence electrons. The fourth-order valence-corrected chi connectivity index (χ4v) is 2.44. The lowest BCUT2D eigenvalue weighted by atomic mass is 9.98. The number of carbonyl (C=O) groups excluding carboxylic acids is 1. The first-order valence-electron chi connectivity index (χ1n) is 5.98. The summed E-state index contributed by atoms with van der Waals surface area (Å²) < 4.78 is 0. The van der Waals surface area contributed by atoms with E-state index in [1.165, 1.54) is 0 Å². The third kappa shape index (κ3) is 2.68. The summed E-state index contributed by atoms with van der Waals surface area (Å²) in [6.07, 6.45) is 0. The Bertz CT molecular complexity index is 660. The van der Waals surface area contributed by atoms with E-state index in [0.717, 1.165) is 16.7 Å². The van der Waals surface area contributed by atoms with Gasteiger partial charge in [-0.1, -0.05) is 35.3 Å². The van der Waals surface area contributed by atoms with Gasteiger partial charge in [-0.3, -0.25) is 4.79 Å². The second-order valence-corrected chi connectivity index (χ2v) is 5.47. The predicted octanol–water partition coefficient (Wildman–Crippen LogP) is 5.15. The minimum Gasteiger partial charge on any atom is -0.288 e. The Labute approximate surface area is 123 Å². The molecule has 0 bridgehead atoms. The van der Waals surface area contributed by atoms with Crippen molar-refractivity contribution in [3.05, 3.63) is 68.2 Å². The zero-order chi connectivity index (χ0) is 14.2. The first-order chi connectivity index (χ1) is 8.91. The largest absolute Gasteiger partial charge is 0.288 e. The van der Waals surface area contributed by atoms with Crippen molar-refractivity contribution in [2.24, 2.45) is 0 Å². The fraction of sp³-hybridized carbons (Fsp3) is 0.188. The van der Waals surface area contributed by atoms with Crippen LogP contribution in [0.1, 0.15) is 32.6 Å². The van der Waals surface area contributed by atoms with Crippen LogP contribution in [0.3, 0.4) is 0 Å². The lowest BCUT2D eigenvalue weighted by Crippen LogP contribution is -2.05. The second-order valence-electron chi connectivity index (χ2n) is 4.68. The third-order valence-corrected chi connectivity index (χ3v) is 4.08. The molecule has 0 radical (unpaired) electrons. The Hall–Kier alpha value is -1.31. The normalized spacial score (nSPS) is 10.6. The van der Waals surface area contributed by atoms with Gasteiger partial charge in [0.25, 0.3) is 0 Å². The first-order valence-corrected chi connectivity index (χ1v) is 6.74. The van der Waals surface area contributed by atoms with E-state index in [2.05, 4.69) is 0 Å². The van der Waals surface area contributed by atoms with Crippen LogP contribution in [0.25, 0.3) is 0 Å². The maximum atomic E-state index is 12.5. The van der Waals surface area contributed by atoms with Crippen LogP contribution in [-0.4, -0.2) is 5.78 Å². The van der Waals surface area contributed by atoms with Crippen molar-refractivity contribution in [3.8, 4) is 0 Å². The molecule has 2 aromatic carbocycles. The number of halogens is 2. The average molecular weight is 293 g/mol.